The van der Waals surface area contributed by atoms with E-state index in [4.69, 9.17) is 4.74 Å². The molecule has 0 atom stereocenters. The molecule has 4 aromatic rings. The molecule has 1 aliphatic carbocycles. The van der Waals surface area contributed by atoms with Crippen molar-refractivity contribution in [2.75, 3.05) is 0 Å². The molecule has 7 nitrogen and oxygen atoms in total. The third-order valence-corrected chi connectivity index (χ3v) is 10.3. The van der Waals surface area contributed by atoms with E-state index in [2.05, 4.69) is 4.98 Å². The van der Waals surface area contributed by atoms with E-state index in [0.29, 0.717) is 17.7 Å². The van der Waals surface area contributed by atoms with Crippen LogP contribution in [0.5, 0.6) is 0 Å². The van der Waals surface area contributed by atoms with Crippen LogP contribution in [0.3, 0.4) is 0 Å². The summed E-state index contributed by atoms with van der Waals surface area (Å²) < 4.78 is 73.8. The summed E-state index contributed by atoms with van der Waals surface area (Å²) in [6.45, 7) is 6.07. The average Bonchev–Trinajstić information content (AvgIpc) is 3.07. The maximum atomic E-state index is 13.7. The van der Waals surface area contributed by atoms with Crippen molar-refractivity contribution >= 4 is 16.1 Å². The Bertz CT molecular complexity index is 1790. The molecule has 11 heteroatoms. The van der Waals surface area contributed by atoms with Crippen LogP contribution in [0.25, 0.3) is 11.1 Å². The van der Waals surface area contributed by atoms with Gasteiger partial charge in [-0.2, -0.15) is 17.5 Å². The number of rotatable bonds is 10. The molecule has 0 saturated heterocycles. The van der Waals surface area contributed by atoms with E-state index in [9.17, 15) is 26.4 Å². The number of pyridine rings is 1. The van der Waals surface area contributed by atoms with E-state index >= 15 is 0 Å². The summed E-state index contributed by atoms with van der Waals surface area (Å²) in [5, 5.41) is 0. The molecule has 0 aliphatic heterocycles. The quantitative estimate of drug-likeness (QED) is 0.166. The Hall–Kier alpha value is -4.22. The molecule has 1 aliphatic rings. The van der Waals surface area contributed by atoms with Gasteiger partial charge in [0.1, 0.15) is 5.60 Å². The van der Waals surface area contributed by atoms with Crippen LogP contribution in [0.4, 0.5) is 18.0 Å². The number of aromatic nitrogens is 1. The molecule has 1 fully saturated rings. The Morgan fingerprint density at radius 1 is 0.776 bits per heavy atom. The summed E-state index contributed by atoms with van der Waals surface area (Å²) in [5.41, 5.74) is 2.73. The zero-order valence-electron chi connectivity index (χ0n) is 28.0. The molecule has 0 unspecified atom stereocenters. The molecule has 1 saturated carbocycles. The lowest BCUT2D eigenvalue weighted by Crippen LogP contribution is -2.43. The van der Waals surface area contributed by atoms with Crippen LogP contribution in [-0.4, -0.2) is 40.3 Å². The van der Waals surface area contributed by atoms with Crippen LogP contribution in [-0.2, 0) is 40.6 Å². The van der Waals surface area contributed by atoms with Crippen LogP contribution in [0.2, 0.25) is 0 Å². The van der Waals surface area contributed by atoms with Crippen molar-refractivity contribution in [2.24, 2.45) is 0 Å². The second-order valence-corrected chi connectivity index (χ2v) is 15.4. The minimum absolute atomic E-state index is 0.000859. The first-order chi connectivity index (χ1) is 23.2. The maximum absolute atomic E-state index is 13.7. The Morgan fingerprint density at radius 3 is 1.84 bits per heavy atom. The predicted octanol–water partition coefficient (Wildman–Crippen LogP) is 9.23. The van der Waals surface area contributed by atoms with Gasteiger partial charge in [-0.3, -0.25) is 4.98 Å². The molecular weight excluding hydrogens is 651 g/mol. The molecule has 0 spiro atoms. The number of benzene rings is 3. The SMILES string of the molecule is CC(C)(C)OC(=O)N(Cc1ccc(-c2ccc(CN(Cc3cccnc3)S(=O)(=O)c3ccc(C(F)(F)F)cc3)cc2)cc1)C1CCCCC1. The summed E-state index contributed by atoms with van der Waals surface area (Å²) >= 11 is 0. The van der Waals surface area contributed by atoms with E-state index < -0.39 is 27.4 Å². The molecular formula is C38H42F3N3O4S. The van der Waals surface area contributed by atoms with Gasteiger partial charge in [-0.15, -0.1) is 0 Å². The largest absolute Gasteiger partial charge is 0.444 e. The lowest BCUT2D eigenvalue weighted by Gasteiger charge is -2.35. The number of sulfonamides is 1. The number of carbonyl (C=O) groups excluding carboxylic acids is 1. The molecule has 0 N–H and O–H groups in total. The molecule has 3 aromatic carbocycles. The smallest absolute Gasteiger partial charge is 0.416 e. The van der Waals surface area contributed by atoms with Crippen LogP contribution in [0.15, 0.2) is 102 Å². The van der Waals surface area contributed by atoms with Crippen molar-refractivity contribution in [2.45, 2.75) is 95.2 Å². The highest BCUT2D eigenvalue weighted by molar-refractivity contribution is 7.89. The standard InChI is InChI=1S/C38H42F3N3O4S/c1-37(2,3)48-36(45)44(34-9-5-4-6-10-34)27-29-13-17-32(18-14-29)31-15-11-28(12-16-31)25-43(26-30-8-7-23-42-24-30)49(46,47)35-21-19-33(20-22-35)38(39,40)41/h7-8,11-24,34H,4-6,9-10,25-27H2,1-3H3. The zero-order valence-corrected chi connectivity index (χ0v) is 28.8. The fourth-order valence-electron chi connectivity index (χ4n) is 5.95. The topological polar surface area (TPSA) is 79.8 Å². The normalized spacial score (nSPS) is 14.5. The summed E-state index contributed by atoms with van der Waals surface area (Å²) in [7, 11) is -4.16. The number of halogens is 3. The van der Waals surface area contributed by atoms with Crippen molar-refractivity contribution in [1.29, 1.82) is 0 Å². The number of hydrogen-bond donors (Lipinski definition) is 0. The Balaban J connectivity index is 1.32. The van der Waals surface area contributed by atoms with Gasteiger partial charge in [0.15, 0.2) is 0 Å². The number of hydrogen-bond acceptors (Lipinski definition) is 5. The van der Waals surface area contributed by atoms with Gasteiger partial charge in [-0.25, -0.2) is 13.2 Å². The molecule has 5 rings (SSSR count). The third-order valence-electron chi connectivity index (χ3n) is 8.50. The summed E-state index contributed by atoms with van der Waals surface area (Å²) in [6, 6.07) is 22.7. The monoisotopic (exact) mass is 693 g/mol. The van der Waals surface area contributed by atoms with Crippen LogP contribution in [0, 0.1) is 0 Å². The second-order valence-electron chi connectivity index (χ2n) is 13.5. The first-order valence-electron chi connectivity index (χ1n) is 16.4. The van der Waals surface area contributed by atoms with Gasteiger partial charge in [0.25, 0.3) is 0 Å². The van der Waals surface area contributed by atoms with Crippen molar-refractivity contribution in [1.82, 2.24) is 14.2 Å². The maximum Gasteiger partial charge on any atom is 0.416 e. The first kappa shape index (κ1) is 36.1. The van der Waals surface area contributed by atoms with Crippen LogP contribution in [0.1, 0.15) is 75.1 Å². The van der Waals surface area contributed by atoms with E-state index in [0.717, 1.165) is 66.6 Å². The van der Waals surface area contributed by atoms with Gasteiger partial charge in [-0.05, 0) is 91.8 Å². The molecule has 1 amide bonds. The fourth-order valence-corrected chi connectivity index (χ4v) is 7.36. The molecule has 260 valence electrons. The average molecular weight is 694 g/mol. The van der Waals surface area contributed by atoms with Gasteiger partial charge < -0.3 is 9.64 Å². The van der Waals surface area contributed by atoms with Crippen LogP contribution >= 0.6 is 0 Å². The number of nitrogens with zero attached hydrogens (tertiary/aromatic N) is 3. The number of ether oxygens (including phenoxy) is 1. The highest BCUT2D eigenvalue weighted by atomic mass is 32.2. The van der Waals surface area contributed by atoms with E-state index in [-0.39, 0.29) is 30.1 Å². The predicted molar refractivity (Wildman–Crippen MR) is 183 cm³/mol. The third kappa shape index (κ3) is 9.70. The number of alkyl halides is 3. The summed E-state index contributed by atoms with van der Waals surface area (Å²) in [5.74, 6) is 0. The minimum atomic E-state index is -4.57. The lowest BCUT2D eigenvalue weighted by atomic mass is 9.94. The zero-order chi connectivity index (χ0) is 35.2. The first-order valence-corrected chi connectivity index (χ1v) is 17.9. The van der Waals surface area contributed by atoms with E-state index in [1.165, 1.54) is 10.7 Å². The van der Waals surface area contributed by atoms with Crippen molar-refractivity contribution in [3.63, 3.8) is 0 Å². The van der Waals surface area contributed by atoms with Crippen molar-refractivity contribution < 1.29 is 31.1 Å². The molecule has 49 heavy (non-hydrogen) atoms. The van der Waals surface area contributed by atoms with E-state index in [1.807, 2.05) is 74.2 Å². The Labute approximate surface area is 286 Å². The molecule has 1 aromatic heterocycles. The number of carbonyl (C=O) groups is 1. The Morgan fingerprint density at radius 2 is 1.33 bits per heavy atom. The fraction of sp³-hybridized carbons (Fsp3) is 0.368. The van der Waals surface area contributed by atoms with Gasteiger partial charge in [-0.1, -0.05) is 73.9 Å². The van der Waals surface area contributed by atoms with Gasteiger partial charge in [0.2, 0.25) is 10.0 Å². The van der Waals surface area contributed by atoms with Crippen LogP contribution < -0.4 is 0 Å². The number of amides is 1. The molecule has 0 radical (unpaired) electrons. The second kappa shape index (κ2) is 15.1. The van der Waals surface area contributed by atoms with Gasteiger partial charge in [0, 0.05) is 38.1 Å². The lowest BCUT2D eigenvalue weighted by molar-refractivity contribution is -0.137. The minimum Gasteiger partial charge on any atom is -0.444 e. The molecule has 0 bridgehead atoms. The van der Waals surface area contributed by atoms with Crippen molar-refractivity contribution in [3.8, 4) is 11.1 Å². The van der Waals surface area contributed by atoms with Crippen molar-refractivity contribution in [3.05, 3.63) is 120 Å². The highest BCUT2D eigenvalue weighted by Crippen LogP contribution is 2.31. The van der Waals surface area contributed by atoms with Gasteiger partial charge >= 0.3 is 12.3 Å². The van der Waals surface area contributed by atoms with Gasteiger partial charge in [0.05, 0.1) is 10.5 Å². The molecule has 1 heterocycles. The summed E-state index contributed by atoms with van der Waals surface area (Å²) in [6.07, 6.45) is 3.59. The Kier molecular flexibility index (Phi) is 11.1. The van der Waals surface area contributed by atoms with E-state index in [1.54, 1.807) is 24.5 Å². The highest BCUT2D eigenvalue weighted by Gasteiger charge is 2.32. The summed E-state index contributed by atoms with van der Waals surface area (Å²) in [4.78, 5) is 18.9.